The predicted octanol–water partition coefficient (Wildman–Crippen LogP) is 2.14. The zero-order valence-corrected chi connectivity index (χ0v) is 8.04. The first-order valence-electron chi connectivity index (χ1n) is 3.77. The Kier molecular flexibility index (Phi) is 3.56. The second-order valence-corrected chi connectivity index (χ2v) is 3.88. The molecular formula is C10H9NOS. The van der Waals surface area contributed by atoms with Crippen LogP contribution in [0.1, 0.15) is 5.56 Å². The number of aryl methyl sites for hydroxylation is 1. The lowest BCUT2D eigenvalue weighted by molar-refractivity contribution is 0.603. The summed E-state index contributed by atoms with van der Waals surface area (Å²) in [5, 5.41) is 9.61. The minimum atomic E-state index is -1.19. The highest BCUT2D eigenvalue weighted by Gasteiger charge is 2.04. The van der Waals surface area contributed by atoms with E-state index in [4.69, 9.17) is 5.26 Å². The molecule has 0 fully saturated rings. The Morgan fingerprint density at radius 1 is 1.38 bits per heavy atom. The Labute approximate surface area is 80.7 Å². The SMILES string of the molecule is Cc1ccc([S+]([O-])/C=C/C#N)cc1. The standard InChI is InChI=1S/C10H9NOS/c1-9-3-5-10(6-4-9)13(12)8-2-7-11/h2-6,8H,1H3/b8-2+. The number of nitriles is 1. The van der Waals surface area contributed by atoms with Crippen LogP contribution in [0.15, 0.2) is 40.6 Å². The molecule has 13 heavy (non-hydrogen) atoms. The maximum absolute atomic E-state index is 11.4. The molecule has 0 heterocycles. The molecule has 0 aliphatic rings. The van der Waals surface area contributed by atoms with Gasteiger partial charge in [0.25, 0.3) is 0 Å². The Hall–Kier alpha value is -1.24. The van der Waals surface area contributed by atoms with Crippen LogP contribution in [0.5, 0.6) is 0 Å². The van der Waals surface area contributed by atoms with Gasteiger partial charge >= 0.3 is 0 Å². The second kappa shape index (κ2) is 4.70. The molecule has 0 amide bonds. The molecule has 0 aliphatic carbocycles. The van der Waals surface area contributed by atoms with E-state index in [9.17, 15) is 4.55 Å². The third kappa shape index (κ3) is 2.94. The number of allylic oxidation sites excluding steroid dienone is 1. The first kappa shape index (κ1) is 9.85. The third-order valence-corrected chi connectivity index (χ3v) is 2.64. The van der Waals surface area contributed by atoms with E-state index >= 15 is 0 Å². The Balaban J connectivity index is 2.78. The Bertz CT molecular complexity index is 337. The maximum atomic E-state index is 11.4. The van der Waals surface area contributed by atoms with Crippen molar-refractivity contribution in [2.75, 3.05) is 0 Å². The van der Waals surface area contributed by atoms with Gasteiger partial charge in [0, 0.05) is 11.2 Å². The zero-order chi connectivity index (χ0) is 9.68. The van der Waals surface area contributed by atoms with E-state index in [1.54, 1.807) is 18.2 Å². The van der Waals surface area contributed by atoms with Gasteiger partial charge < -0.3 is 4.55 Å². The molecule has 0 saturated carbocycles. The van der Waals surface area contributed by atoms with Crippen molar-refractivity contribution < 1.29 is 4.55 Å². The van der Waals surface area contributed by atoms with Gasteiger partial charge in [-0.1, -0.05) is 17.7 Å². The van der Waals surface area contributed by atoms with Crippen LogP contribution in [0.3, 0.4) is 0 Å². The zero-order valence-electron chi connectivity index (χ0n) is 7.23. The molecule has 0 saturated heterocycles. The van der Waals surface area contributed by atoms with E-state index in [0.717, 1.165) is 10.5 Å². The summed E-state index contributed by atoms with van der Waals surface area (Å²) in [4.78, 5) is 0.720. The van der Waals surface area contributed by atoms with Crippen molar-refractivity contribution in [2.45, 2.75) is 11.8 Å². The van der Waals surface area contributed by atoms with Gasteiger partial charge in [-0.2, -0.15) is 5.26 Å². The topological polar surface area (TPSA) is 46.8 Å². The maximum Gasteiger partial charge on any atom is 0.157 e. The fourth-order valence-electron chi connectivity index (χ4n) is 0.843. The molecule has 0 N–H and O–H groups in total. The average Bonchev–Trinajstić information content (AvgIpc) is 2.15. The van der Waals surface area contributed by atoms with Gasteiger partial charge in [-0.3, -0.25) is 0 Å². The van der Waals surface area contributed by atoms with Crippen LogP contribution in [0, 0.1) is 18.3 Å². The van der Waals surface area contributed by atoms with Gasteiger partial charge in [-0.15, -0.1) is 0 Å². The van der Waals surface area contributed by atoms with E-state index < -0.39 is 11.2 Å². The Morgan fingerprint density at radius 2 is 2.00 bits per heavy atom. The van der Waals surface area contributed by atoms with Gasteiger partial charge in [0.2, 0.25) is 0 Å². The van der Waals surface area contributed by atoms with Crippen LogP contribution >= 0.6 is 0 Å². The highest BCUT2D eigenvalue weighted by atomic mass is 32.2. The monoisotopic (exact) mass is 191 g/mol. The third-order valence-electron chi connectivity index (χ3n) is 1.52. The van der Waals surface area contributed by atoms with Crippen LogP contribution in [-0.4, -0.2) is 4.55 Å². The van der Waals surface area contributed by atoms with Gasteiger partial charge in [0.15, 0.2) is 4.90 Å². The lowest BCUT2D eigenvalue weighted by Gasteiger charge is -2.03. The second-order valence-electron chi connectivity index (χ2n) is 2.54. The lowest BCUT2D eigenvalue weighted by atomic mass is 10.2. The molecule has 1 unspecified atom stereocenters. The predicted molar refractivity (Wildman–Crippen MR) is 52.3 cm³/mol. The van der Waals surface area contributed by atoms with Crippen LogP contribution < -0.4 is 0 Å². The summed E-state index contributed by atoms with van der Waals surface area (Å²) in [6.07, 6.45) is 1.23. The fraction of sp³-hybridized carbons (Fsp3) is 0.100. The first-order chi connectivity index (χ1) is 6.24. The highest BCUT2D eigenvalue weighted by Crippen LogP contribution is 2.12. The molecule has 1 aromatic rings. The van der Waals surface area contributed by atoms with Gasteiger partial charge in [0.05, 0.1) is 12.1 Å². The number of rotatable bonds is 2. The molecular weight excluding hydrogens is 182 g/mol. The van der Waals surface area contributed by atoms with Crippen LogP contribution in [0.4, 0.5) is 0 Å². The molecule has 1 rings (SSSR count). The summed E-state index contributed by atoms with van der Waals surface area (Å²) in [5.74, 6) is 0. The van der Waals surface area contributed by atoms with E-state index in [2.05, 4.69) is 0 Å². The summed E-state index contributed by atoms with van der Waals surface area (Å²) in [6.45, 7) is 1.97. The molecule has 0 aromatic heterocycles. The van der Waals surface area contributed by atoms with Gasteiger partial charge in [0.1, 0.15) is 5.41 Å². The van der Waals surface area contributed by atoms with Crippen LogP contribution in [0.2, 0.25) is 0 Å². The van der Waals surface area contributed by atoms with Crippen molar-refractivity contribution in [2.24, 2.45) is 0 Å². The quantitative estimate of drug-likeness (QED) is 0.531. The number of nitrogens with zero attached hydrogens (tertiary/aromatic N) is 1. The van der Waals surface area contributed by atoms with Crippen molar-refractivity contribution in [3.63, 3.8) is 0 Å². The minimum Gasteiger partial charge on any atom is -0.607 e. The molecule has 66 valence electrons. The van der Waals surface area contributed by atoms with Crippen LogP contribution in [0.25, 0.3) is 0 Å². The summed E-state index contributed by atoms with van der Waals surface area (Å²) < 4.78 is 11.4. The lowest BCUT2D eigenvalue weighted by Crippen LogP contribution is -1.95. The number of benzene rings is 1. The minimum absolute atomic E-state index is 0.720. The summed E-state index contributed by atoms with van der Waals surface area (Å²) in [5.41, 5.74) is 1.13. The van der Waals surface area contributed by atoms with Crippen molar-refractivity contribution in [1.29, 1.82) is 5.26 Å². The Morgan fingerprint density at radius 3 is 2.54 bits per heavy atom. The summed E-state index contributed by atoms with van der Waals surface area (Å²) in [6, 6.07) is 9.20. The van der Waals surface area contributed by atoms with Crippen molar-refractivity contribution in [1.82, 2.24) is 0 Å². The van der Waals surface area contributed by atoms with E-state index in [0.29, 0.717) is 0 Å². The highest BCUT2D eigenvalue weighted by molar-refractivity contribution is 7.94. The smallest absolute Gasteiger partial charge is 0.157 e. The molecule has 0 bridgehead atoms. The first-order valence-corrected chi connectivity index (χ1v) is 4.99. The molecule has 2 nitrogen and oxygen atoms in total. The molecule has 0 spiro atoms. The number of hydrogen-bond donors (Lipinski definition) is 0. The molecule has 0 radical (unpaired) electrons. The molecule has 1 atom stereocenters. The molecule has 1 aromatic carbocycles. The van der Waals surface area contributed by atoms with Crippen molar-refractivity contribution >= 4 is 11.2 Å². The largest absolute Gasteiger partial charge is 0.607 e. The molecule has 3 heteroatoms. The van der Waals surface area contributed by atoms with E-state index in [1.807, 2.05) is 19.1 Å². The summed E-state index contributed by atoms with van der Waals surface area (Å²) in [7, 11) is 0. The van der Waals surface area contributed by atoms with Gasteiger partial charge in [-0.25, -0.2) is 0 Å². The average molecular weight is 191 g/mol. The van der Waals surface area contributed by atoms with E-state index in [-0.39, 0.29) is 0 Å². The van der Waals surface area contributed by atoms with Gasteiger partial charge in [-0.05, 0) is 19.1 Å². The summed E-state index contributed by atoms with van der Waals surface area (Å²) >= 11 is -1.19. The van der Waals surface area contributed by atoms with E-state index in [1.165, 1.54) is 11.5 Å². The fourth-order valence-corrected chi connectivity index (χ4v) is 1.59. The number of hydrogen-bond acceptors (Lipinski definition) is 2. The van der Waals surface area contributed by atoms with Crippen molar-refractivity contribution in [3.05, 3.63) is 41.3 Å². The van der Waals surface area contributed by atoms with Crippen LogP contribution in [-0.2, 0) is 11.2 Å². The van der Waals surface area contributed by atoms with Crippen molar-refractivity contribution in [3.8, 4) is 6.07 Å². The molecule has 0 aliphatic heterocycles. The normalized spacial score (nSPS) is 12.7.